The summed E-state index contributed by atoms with van der Waals surface area (Å²) >= 11 is 0. The Balaban J connectivity index is 3.94. The number of hydrogen-bond acceptors (Lipinski definition) is 5. The van der Waals surface area contributed by atoms with Gasteiger partial charge in [0.15, 0.2) is 0 Å². The first kappa shape index (κ1) is 13.8. The molecule has 0 radical (unpaired) electrons. The molecule has 0 fully saturated rings. The predicted octanol–water partition coefficient (Wildman–Crippen LogP) is -1.75. The summed E-state index contributed by atoms with van der Waals surface area (Å²) in [4.78, 5) is 20.8. The van der Waals surface area contributed by atoms with Crippen molar-refractivity contribution in [2.24, 2.45) is 0 Å². The monoisotopic (exact) mass is 221 g/mol. The van der Waals surface area contributed by atoms with E-state index in [-0.39, 0.29) is 19.4 Å². The van der Waals surface area contributed by atoms with Gasteiger partial charge in [-0.25, -0.2) is 0 Å². The number of rotatable bonds is 8. The molecule has 0 amide bonds. The lowest BCUT2D eigenvalue weighted by molar-refractivity contribution is -0.140. The number of aliphatic hydroxyl groups excluding tert-OH is 2. The molecule has 88 valence electrons. The Labute approximate surface area is 86.3 Å². The molecule has 0 aromatic carbocycles. The first-order valence-corrected chi connectivity index (χ1v) is 4.44. The van der Waals surface area contributed by atoms with Crippen LogP contribution in [0.3, 0.4) is 0 Å². The Kier molecular flexibility index (Phi) is 6.59. The molecule has 0 aliphatic heterocycles. The van der Waals surface area contributed by atoms with Crippen molar-refractivity contribution in [1.82, 2.24) is 5.32 Å². The highest BCUT2D eigenvalue weighted by atomic mass is 16.4. The summed E-state index contributed by atoms with van der Waals surface area (Å²) in [5.74, 6) is -2.26. The number of carbonyl (C=O) groups is 2. The van der Waals surface area contributed by atoms with Crippen LogP contribution in [0.4, 0.5) is 0 Å². The van der Waals surface area contributed by atoms with Gasteiger partial charge in [0.05, 0.1) is 12.7 Å². The zero-order valence-corrected chi connectivity index (χ0v) is 8.09. The van der Waals surface area contributed by atoms with Crippen molar-refractivity contribution in [3.05, 3.63) is 0 Å². The average Bonchev–Trinajstić information content (AvgIpc) is 2.16. The van der Waals surface area contributed by atoms with Gasteiger partial charge in [-0.2, -0.15) is 0 Å². The van der Waals surface area contributed by atoms with E-state index in [1.165, 1.54) is 0 Å². The third-order valence-corrected chi connectivity index (χ3v) is 1.76. The predicted molar refractivity (Wildman–Crippen MR) is 49.4 cm³/mol. The fraction of sp³-hybridized carbons (Fsp3) is 0.750. The summed E-state index contributed by atoms with van der Waals surface area (Å²) in [7, 11) is 0. The zero-order valence-electron chi connectivity index (χ0n) is 8.09. The largest absolute Gasteiger partial charge is 0.481 e. The molecule has 1 unspecified atom stereocenters. The lowest BCUT2D eigenvalue weighted by Gasteiger charge is -2.15. The second-order valence-corrected chi connectivity index (χ2v) is 3.07. The topological polar surface area (TPSA) is 127 Å². The van der Waals surface area contributed by atoms with Crippen LogP contribution in [0.25, 0.3) is 0 Å². The molecule has 0 saturated carbocycles. The van der Waals surface area contributed by atoms with E-state index in [9.17, 15) is 9.59 Å². The molecule has 0 aliphatic carbocycles. The quantitative estimate of drug-likeness (QED) is 0.329. The second-order valence-electron chi connectivity index (χ2n) is 3.07. The van der Waals surface area contributed by atoms with E-state index in [4.69, 9.17) is 20.4 Å². The smallest absolute Gasteiger partial charge is 0.320 e. The molecule has 5 N–H and O–H groups in total. The minimum absolute atomic E-state index is 0.0667. The van der Waals surface area contributed by atoms with Gasteiger partial charge < -0.3 is 25.7 Å². The van der Waals surface area contributed by atoms with E-state index in [1.807, 2.05) is 0 Å². The molecule has 7 heteroatoms. The van der Waals surface area contributed by atoms with Crippen LogP contribution < -0.4 is 5.32 Å². The zero-order chi connectivity index (χ0) is 11.8. The van der Waals surface area contributed by atoms with E-state index in [0.29, 0.717) is 0 Å². The summed E-state index contributed by atoms with van der Waals surface area (Å²) in [5, 5.41) is 36.9. The number of hydrogen-bond donors (Lipinski definition) is 5. The number of aliphatic carboxylic acids is 2. The van der Waals surface area contributed by atoms with Crippen LogP contribution in [0.5, 0.6) is 0 Å². The molecule has 7 nitrogen and oxygen atoms in total. The SMILES string of the molecule is O=C(O)CC[C@H](NCC(O)CO)C(=O)O. The molecule has 2 atom stereocenters. The Morgan fingerprint density at radius 2 is 1.87 bits per heavy atom. The standard InChI is InChI=1S/C8H15NO6/c10-4-5(11)3-9-6(8(14)15)1-2-7(12)13/h5-6,9-11H,1-4H2,(H,12,13)(H,14,15)/t5?,6-/m0/s1. The molecule has 0 spiro atoms. The molecular formula is C8H15NO6. The van der Waals surface area contributed by atoms with Crippen LogP contribution in [0.15, 0.2) is 0 Å². The molecule has 0 rings (SSSR count). The van der Waals surface area contributed by atoms with Crippen LogP contribution in [0.2, 0.25) is 0 Å². The number of nitrogens with one attached hydrogen (secondary N) is 1. The third kappa shape index (κ3) is 6.83. The van der Waals surface area contributed by atoms with Gasteiger partial charge in [-0.15, -0.1) is 0 Å². The van der Waals surface area contributed by atoms with Gasteiger partial charge in [0, 0.05) is 13.0 Å². The molecule has 15 heavy (non-hydrogen) atoms. The Hall–Kier alpha value is -1.18. The summed E-state index contributed by atoms with van der Waals surface area (Å²) in [6.45, 7) is -0.564. The summed E-state index contributed by atoms with van der Waals surface area (Å²) in [6.07, 6.45) is -1.38. The van der Waals surface area contributed by atoms with Crippen molar-refractivity contribution in [3.8, 4) is 0 Å². The molecule has 0 saturated heterocycles. The van der Waals surface area contributed by atoms with Crippen LogP contribution >= 0.6 is 0 Å². The molecule has 0 aromatic heterocycles. The molecule has 0 bridgehead atoms. The molecule has 0 aliphatic rings. The first-order chi connectivity index (χ1) is 6.97. The average molecular weight is 221 g/mol. The second kappa shape index (κ2) is 7.16. The van der Waals surface area contributed by atoms with Crippen LogP contribution in [-0.2, 0) is 9.59 Å². The highest BCUT2D eigenvalue weighted by Gasteiger charge is 2.18. The number of carboxylic acid groups (broad SMARTS) is 2. The van der Waals surface area contributed by atoms with Crippen molar-refractivity contribution >= 4 is 11.9 Å². The minimum atomic E-state index is -1.18. The van der Waals surface area contributed by atoms with E-state index in [2.05, 4.69) is 5.32 Å². The van der Waals surface area contributed by atoms with E-state index in [1.54, 1.807) is 0 Å². The van der Waals surface area contributed by atoms with Gasteiger partial charge in [0.2, 0.25) is 0 Å². The Bertz CT molecular complexity index is 219. The van der Waals surface area contributed by atoms with Gasteiger partial charge >= 0.3 is 11.9 Å². The van der Waals surface area contributed by atoms with Crippen LogP contribution in [0.1, 0.15) is 12.8 Å². The van der Waals surface area contributed by atoms with E-state index in [0.717, 1.165) is 0 Å². The molecular weight excluding hydrogens is 206 g/mol. The lowest BCUT2D eigenvalue weighted by Crippen LogP contribution is -2.42. The van der Waals surface area contributed by atoms with Gasteiger partial charge in [-0.1, -0.05) is 0 Å². The maximum atomic E-state index is 10.6. The van der Waals surface area contributed by atoms with Crippen molar-refractivity contribution in [1.29, 1.82) is 0 Å². The van der Waals surface area contributed by atoms with Crippen molar-refractivity contribution in [2.75, 3.05) is 13.2 Å². The maximum Gasteiger partial charge on any atom is 0.320 e. The van der Waals surface area contributed by atoms with Crippen molar-refractivity contribution in [2.45, 2.75) is 25.0 Å². The minimum Gasteiger partial charge on any atom is -0.481 e. The third-order valence-electron chi connectivity index (χ3n) is 1.76. The summed E-state index contributed by atoms with van der Waals surface area (Å²) < 4.78 is 0. The fourth-order valence-corrected chi connectivity index (χ4v) is 0.924. The first-order valence-electron chi connectivity index (χ1n) is 4.44. The number of aliphatic hydroxyl groups is 2. The maximum absolute atomic E-state index is 10.6. The van der Waals surface area contributed by atoms with E-state index < -0.39 is 30.7 Å². The summed E-state index contributed by atoms with van der Waals surface area (Å²) in [6, 6.07) is -1.03. The highest BCUT2D eigenvalue weighted by molar-refractivity contribution is 5.75. The number of carboxylic acids is 2. The molecule has 0 heterocycles. The Morgan fingerprint density at radius 1 is 1.27 bits per heavy atom. The lowest BCUT2D eigenvalue weighted by atomic mass is 10.1. The van der Waals surface area contributed by atoms with Crippen LogP contribution in [0, 0.1) is 0 Å². The van der Waals surface area contributed by atoms with Crippen molar-refractivity contribution in [3.63, 3.8) is 0 Å². The molecule has 0 aromatic rings. The van der Waals surface area contributed by atoms with Crippen molar-refractivity contribution < 1.29 is 30.0 Å². The highest BCUT2D eigenvalue weighted by Crippen LogP contribution is 1.98. The Morgan fingerprint density at radius 3 is 2.27 bits per heavy atom. The van der Waals surface area contributed by atoms with Gasteiger partial charge in [-0.05, 0) is 6.42 Å². The van der Waals surface area contributed by atoms with Gasteiger partial charge in [-0.3, -0.25) is 9.59 Å². The van der Waals surface area contributed by atoms with Gasteiger partial charge in [0.25, 0.3) is 0 Å². The summed E-state index contributed by atoms with van der Waals surface area (Å²) in [5.41, 5.74) is 0. The fourth-order valence-electron chi connectivity index (χ4n) is 0.924. The normalized spacial score (nSPS) is 14.5. The van der Waals surface area contributed by atoms with E-state index >= 15 is 0 Å². The van der Waals surface area contributed by atoms with Gasteiger partial charge in [0.1, 0.15) is 6.04 Å². The van der Waals surface area contributed by atoms with Crippen LogP contribution in [-0.4, -0.2) is 57.7 Å².